The number of aryl methyl sites for hydroxylation is 1. The van der Waals surface area contributed by atoms with Gasteiger partial charge in [-0.2, -0.15) is 0 Å². The number of thioether (sulfide) groups is 1. The summed E-state index contributed by atoms with van der Waals surface area (Å²) in [5, 5.41) is 10.7. The van der Waals surface area contributed by atoms with Crippen LogP contribution in [0.1, 0.15) is 37.7 Å². The minimum absolute atomic E-state index is 0.214. The molecule has 3 aromatic rings. The third-order valence-electron chi connectivity index (χ3n) is 7.40. The SMILES string of the molecule is COc1cccc(SCCCN2CC[C@@H](CCCc3ccnc4ccc(OC)cc34)[C@@H](CC(=O)O)C2)c1. The Labute approximate surface area is 224 Å². The van der Waals surface area contributed by atoms with Gasteiger partial charge in [0, 0.05) is 29.4 Å². The number of nitrogens with zero attached hydrogens (tertiary/aromatic N) is 2. The molecule has 1 saturated heterocycles. The lowest BCUT2D eigenvalue weighted by atomic mass is 9.80. The molecule has 2 aromatic carbocycles. The molecule has 0 radical (unpaired) electrons. The maximum absolute atomic E-state index is 11.6. The molecule has 1 aromatic heterocycles. The van der Waals surface area contributed by atoms with Crippen LogP contribution in [-0.2, 0) is 11.2 Å². The second-order valence-electron chi connectivity index (χ2n) is 9.83. The van der Waals surface area contributed by atoms with E-state index in [4.69, 9.17) is 9.47 Å². The number of pyridine rings is 1. The fourth-order valence-corrected chi connectivity index (χ4v) is 6.33. The Hall–Kier alpha value is -2.77. The first-order valence-electron chi connectivity index (χ1n) is 13.2. The van der Waals surface area contributed by atoms with E-state index in [0.717, 1.165) is 79.9 Å². The van der Waals surface area contributed by atoms with Gasteiger partial charge in [0.2, 0.25) is 0 Å². The number of benzene rings is 2. The van der Waals surface area contributed by atoms with Crippen molar-refractivity contribution in [1.29, 1.82) is 0 Å². The molecule has 1 aliphatic heterocycles. The molecule has 7 heteroatoms. The standard InChI is InChI=1S/C30H38N2O4S/c1-35-25-8-4-9-27(19-25)37-17-5-15-32-16-13-22(24(21-32)18-30(33)34)6-3-7-23-12-14-31-29-11-10-26(36-2)20-28(23)29/h4,8-12,14,19-20,22,24H,3,5-7,13,15-18,21H2,1-2H3,(H,33,34)/t22-,24+/m1/s1. The van der Waals surface area contributed by atoms with Crippen LogP contribution in [-0.4, -0.2) is 60.6 Å². The molecule has 0 saturated carbocycles. The number of hydrogen-bond donors (Lipinski definition) is 1. The van der Waals surface area contributed by atoms with Crippen molar-refractivity contribution in [3.8, 4) is 11.5 Å². The monoisotopic (exact) mass is 522 g/mol. The van der Waals surface area contributed by atoms with Gasteiger partial charge in [0.1, 0.15) is 11.5 Å². The molecule has 198 valence electrons. The van der Waals surface area contributed by atoms with E-state index < -0.39 is 5.97 Å². The van der Waals surface area contributed by atoms with Crippen LogP contribution < -0.4 is 9.47 Å². The molecule has 1 aliphatic rings. The van der Waals surface area contributed by atoms with Gasteiger partial charge >= 0.3 is 5.97 Å². The number of hydrogen-bond acceptors (Lipinski definition) is 6. The molecule has 2 heterocycles. The van der Waals surface area contributed by atoms with E-state index in [9.17, 15) is 9.90 Å². The maximum atomic E-state index is 11.6. The molecule has 0 unspecified atom stereocenters. The Morgan fingerprint density at radius 2 is 1.92 bits per heavy atom. The minimum atomic E-state index is -0.683. The first kappa shape index (κ1) is 27.3. The molecule has 6 nitrogen and oxygen atoms in total. The fraction of sp³-hybridized carbons (Fsp3) is 0.467. The molecule has 1 N–H and O–H groups in total. The lowest BCUT2D eigenvalue weighted by Gasteiger charge is -2.38. The molecule has 0 spiro atoms. The number of carbonyl (C=O) groups is 1. The van der Waals surface area contributed by atoms with Crippen molar-refractivity contribution in [1.82, 2.24) is 9.88 Å². The van der Waals surface area contributed by atoms with E-state index in [1.165, 1.54) is 10.5 Å². The molecule has 1 fully saturated rings. The first-order chi connectivity index (χ1) is 18.1. The van der Waals surface area contributed by atoms with Gasteiger partial charge in [-0.3, -0.25) is 9.78 Å². The highest BCUT2D eigenvalue weighted by molar-refractivity contribution is 7.99. The van der Waals surface area contributed by atoms with Gasteiger partial charge in [-0.1, -0.05) is 6.07 Å². The third kappa shape index (κ3) is 7.86. The summed E-state index contributed by atoms with van der Waals surface area (Å²) in [7, 11) is 3.38. The van der Waals surface area contributed by atoms with Crippen molar-refractivity contribution < 1.29 is 19.4 Å². The summed E-state index contributed by atoms with van der Waals surface area (Å²) < 4.78 is 10.7. The molecule has 4 rings (SSSR count). The number of rotatable bonds is 13. The number of carboxylic acid groups (broad SMARTS) is 1. The van der Waals surface area contributed by atoms with Crippen LogP contribution in [0.3, 0.4) is 0 Å². The van der Waals surface area contributed by atoms with Gasteiger partial charge in [-0.15, -0.1) is 11.8 Å². The van der Waals surface area contributed by atoms with Crippen LogP contribution in [0.4, 0.5) is 0 Å². The second-order valence-corrected chi connectivity index (χ2v) is 11.0. The van der Waals surface area contributed by atoms with Gasteiger partial charge in [0.05, 0.1) is 19.7 Å². The predicted octanol–water partition coefficient (Wildman–Crippen LogP) is 6.17. The van der Waals surface area contributed by atoms with Crippen LogP contribution in [0.25, 0.3) is 10.9 Å². The lowest BCUT2D eigenvalue weighted by molar-refractivity contribution is -0.139. The maximum Gasteiger partial charge on any atom is 0.303 e. The average Bonchev–Trinajstić information content (AvgIpc) is 2.91. The number of aliphatic carboxylic acids is 1. The predicted molar refractivity (Wildman–Crippen MR) is 150 cm³/mol. The van der Waals surface area contributed by atoms with Gasteiger partial charge < -0.3 is 19.5 Å². The normalized spacial score (nSPS) is 18.1. The Morgan fingerprint density at radius 1 is 1.08 bits per heavy atom. The zero-order chi connectivity index (χ0) is 26.0. The van der Waals surface area contributed by atoms with Crippen LogP contribution >= 0.6 is 11.8 Å². The van der Waals surface area contributed by atoms with Gasteiger partial charge in [0.15, 0.2) is 0 Å². The summed E-state index contributed by atoms with van der Waals surface area (Å²) >= 11 is 1.85. The zero-order valence-corrected chi connectivity index (χ0v) is 22.7. The highest BCUT2D eigenvalue weighted by Crippen LogP contribution is 2.32. The fourth-order valence-electron chi connectivity index (χ4n) is 5.45. The lowest BCUT2D eigenvalue weighted by Crippen LogP contribution is -2.41. The van der Waals surface area contributed by atoms with Crippen molar-refractivity contribution in [2.45, 2.75) is 43.4 Å². The van der Waals surface area contributed by atoms with E-state index >= 15 is 0 Å². The summed E-state index contributed by atoms with van der Waals surface area (Å²) in [5.74, 6) is 2.77. The zero-order valence-electron chi connectivity index (χ0n) is 21.9. The minimum Gasteiger partial charge on any atom is -0.497 e. The van der Waals surface area contributed by atoms with Crippen LogP contribution in [0, 0.1) is 11.8 Å². The van der Waals surface area contributed by atoms with Crippen molar-refractivity contribution in [2.75, 3.05) is 39.6 Å². The number of likely N-dealkylation sites (tertiary alicyclic amines) is 1. The molecule has 0 aliphatic carbocycles. The van der Waals surface area contributed by atoms with E-state index in [2.05, 4.69) is 34.1 Å². The number of methoxy groups -OCH3 is 2. The Balaban J connectivity index is 1.26. The number of ether oxygens (including phenoxy) is 2. The van der Waals surface area contributed by atoms with Crippen LogP contribution in [0.15, 0.2) is 59.6 Å². The van der Waals surface area contributed by atoms with Crippen molar-refractivity contribution in [3.05, 3.63) is 60.3 Å². The quantitative estimate of drug-likeness (QED) is 0.213. The topological polar surface area (TPSA) is 71.9 Å². The summed E-state index contributed by atoms with van der Waals surface area (Å²) in [6.45, 7) is 2.96. The highest BCUT2D eigenvalue weighted by Gasteiger charge is 2.30. The Kier molecular flexibility index (Phi) is 10.1. The second kappa shape index (κ2) is 13.7. The van der Waals surface area contributed by atoms with Gasteiger partial charge in [-0.25, -0.2) is 0 Å². The van der Waals surface area contributed by atoms with Crippen LogP contribution in [0.5, 0.6) is 11.5 Å². The molecule has 0 bridgehead atoms. The number of aromatic nitrogens is 1. The van der Waals surface area contributed by atoms with E-state index in [1.807, 2.05) is 42.2 Å². The molecule has 2 atom stereocenters. The third-order valence-corrected chi connectivity index (χ3v) is 8.48. The number of fused-ring (bicyclic) bond motifs is 1. The van der Waals surface area contributed by atoms with Crippen molar-refractivity contribution in [3.63, 3.8) is 0 Å². The molecule has 0 amide bonds. The summed E-state index contributed by atoms with van der Waals surface area (Å²) in [4.78, 5) is 19.8. The molecule has 37 heavy (non-hydrogen) atoms. The van der Waals surface area contributed by atoms with E-state index in [0.29, 0.717) is 5.92 Å². The Morgan fingerprint density at radius 3 is 2.73 bits per heavy atom. The van der Waals surface area contributed by atoms with Crippen molar-refractivity contribution >= 4 is 28.6 Å². The number of carboxylic acids is 1. The average molecular weight is 523 g/mol. The van der Waals surface area contributed by atoms with Crippen LogP contribution in [0.2, 0.25) is 0 Å². The van der Waals surface area contributed by atoms with Crippen molar-refractivity contribution in [2.24, 2.45) is 11.8 Å². The summed E-state index contributed by atoms with van der Waals surface area (Å²) in [5.41, 5.74) is 2.27. The molecular weight excluding hydrogens is 484 g/mol. The summed E-state index contributed by atoms with van der Waals surface area (Å²) in [6.07, 6.45) is 7.38. The van der Waals surface area contributed by atoms with E-state index in [1.54, 1.807) is 14.2 Å². The Bertz CT molecular complexity index is 1170. The molecular formula is C30H38N2O4S. The number of piperidine rings is 1. The summed E-state index contributed by atoms with van der Waals surface area (Å²) in [6, 6.07) is 16.3. The van der Waals surface area contributed by atoms with E-state index in [-0.39, 0.29) is 12.3 Å². The first-order valence-corrected chi connectivity index (χ1v) is 14.2. The largest absolute Gasteiger partial charge is 0.497 e. The van der Waals surface area contributed by atoms with Gasteiger partial charge in [-0.05, 0) is 111 Å². The smallest absolute Gasteiger partial charge is 0.303 e. The highest BCUT2D eigenvalue weighted by atomic mass is 32.2. The van der Waals surface area contributed by atoms with Gasteiger partial charge in [0.25, 0.3) is 0 Å².